The van der Waals surface area contributed by atoms with Crippen LogP contribution in [0.2, 0.25) is 5.02 Å². The fourth-order valence-electron chi connectivity index (χ4n) is 3.37. The summed E-state index contributed by atoms with van der Waals surface area (Å²) in [7, 11) is 1.79. The lowest BCUT2D eigenvalue weighted by molar-refractivity contribution is -0.146. The number of carbonyl (C=O) groups is 2. The predicted molar refractivity (Wildman–Crippen MR) is 89.1 cm³/mol. The highest BCUT2D eigenvalue weighted by Gasteiger charge is 2.35. The number of nitrogens with zero attached hydrogens (tertiary/aromatic N) is 2. The van der Waals surface area contributed by atoms with Gasteiger partial charge in [-0.25, -0.2) is 0 Å². The first kappa shape index (κ1) is 16.3. The Balaban J connectivity index is 1.78. The normalized spacial score (nSPS) is 25.6. The molecule has 1 aromatic rings. The molecular weight excluding hydrogens is 314 g/mol. The Morgan fingerprint density at radius 1 is 1.35 bits per heavy atom. The summed E-state index contributed by atoms with van der Waals surface area (Å²) < 4.78 is 0. The lowest BCUT2D eigenvalue weighted by Gasteiger charge is -2.40. The summed E-state index contributed by atoms with van der Waals surface area (Å²) in [6.07, 6.45) is 1.06. The first-order valence-electron chi connectivity index (χ1n) is 8.07. The van der Waals surface area contributed by atoms with E-state index in [9.17, 15) is 9.59 Å². The maximum absolute atomic E-state index is 13.0. The van der Waals surface area contributed by atoms with Crippen LogP contribution in [0.5, 0.6) is 0 Å². The third kappa shape index (κ3) is 3.51. The lowest BCUT2D eigenvalue weighted by Crippen LogP contribution is -2.52. The molecule has 2 heterocycles. The van der Waals surface area contributed by atoms with E-state index in [0.717, 1.165) is 18.5 Å². The summed E-state index contributed by atoms with van der Waals surface area (Å²) in [5.74, 6) is -0.0413. The molecule has 2 amide bonds. The SMILES string of the molecule is CN1CCC(C(=O)N2CCNCC2c2cccc(Cl)c2)CC1=O. The minimum absolute atomic E-state index is 0.0234. The number of carbonyl (C=O) groups excluding carboxylic acids is 2. The number of piperazine rings is 1. The second kappa shape index (κ2) is 6.89. The Morgan fingerprint density at radius 2 is 2.17 bits per heavy atom. The number of halogens is 1. The summed E-state index contributed by atoms with van der Waals surface area (Å²) >= 11 is 6.10. The van der Waals surface area contributed by atoms with Gasteiger partial charge in [0.05, 0.1) is 6.04 Å². The fourth-order valence-corrected chi connectivity index (χ4v) is 3.57. The first-order chi connectivity index (χ1) is 11.1. The van der Waals surface area contributed by atoms with Gasteiger partial charge in [-0.2, -0.15) is 0 Å². The Kier molecular flexibility index (Phi) is 4.87. The molecule has 5 nitrogen and oxygen atoms in total. The molecule has 0 aliphatic carbocycles. The zero-order valence-electron chi connectivity index (χ0n) is 13.3. The van der Waals surface area contributed by atoms with Crippen molar-refractivity contribution in [2.24, 2.45) is 5.92 Å². The molecule has 2 aliphatic rings. The van der Waals surface area contributed by atoms with Crippen LogP contribution in [0, 0.1) is 5.92 Å². The number of rotatable bonds is 2. The van der Waals surface area contributed by atoms with Crippen molar-refractivity contribution in [1.29, 1.82) is 0 Å². The van der Waals surface area contributed by atoms with E-state index >= 15 is 0 Å². The topological polar surface area (TPSA) is 52.7 Å². The maximum Gasteiger partial charge on any atom is 0.226 e. The Bertz CT molecular complexity index is 607. The van der Waals surface area contributed by atoms with Crippen LogP contribution in [0.4, 0.5) is 0 Å². The van der Waals surface area contributed by atoms with Gasteiger partial charge in [-0.05, 0) is 24.1 Å². The van der Waals surface area contributed by atoms with Crippen LogP contribution in [0.25, 0.3) is 0 Å². The fraction of sp³-hybridized carbons (Fsp3) is 0.529. The second-order valence-electron chi connectivity index (χ2n) is 6.31. The summed E-state index contributed by atoms with van der Waals surface area (Å²) in [6.45, 7) is 2.82. The molecule has 2 aliphatic heterocycles. The monoisotopic (exact) mass is 335 g/mol. The van der Waals surface area contributed by atoms with E-state index in [1.807, 2.05) is 29.2 Å². The molecule has 1 N–H and O–H groups in total. The highest BCUT2D eigenvalue weighted by Crippen LogP contribution is 2.28. The van der Waals surface area contributed by atoms with Gasteiger partial charge in [-0.15, -0.1) is 0 Å². The molecule has 0 saturated carbocycles. The van der Waals surface area contributed by atoms with E-state index in [2.05, 4.69) is 5.32 Å². The van der Waals surface area contributed by atoms with Crippen LogP contribution in [-0.4, -0.2) is 54.8 Å². The summed E-state index contributed by atoms with van der Waals surface area (Å²) in [4.78, 5) is 28.5. The van der Waals surface area contributed by atoms with E-state index in [1.165, 1.54) is 0 Å². The van der Waals surface area contributed by atoms with Gasteiger partial charge in [0, 0.05) is 50.6 Å². The van der Waals surface area contributed by atoms with E-state index < -0.39 is 0 Å². The number of hydrogen-bond donors (Lipinski definition) is 1. The first-order valence-corrected chi connectivity index (χ1v) is 8.44. The van der Waals surface area contributed by atoms with Crippen LogP contribution < -0.4 is 5.32 Å². The third-order valence-electron chi connectivity index (χ3n) is 4.77. The summed E-state index contributed by atoms with van der Waals surface area (Å²) in [5, 5.41) is 4.02. The number of amides is 2. The molecule has 3 rings (SSSR count). The van der Waals surface area contributed by atoms with Crippen molar-refractivity contribution in [1.82, 2.24) is 15.1 Å². The molecular formula is C17H22ClN3O2. The van der Waals surface area contributed by atoms with Crippen LogP contribution in [-0.2, 0) is 9.59 Å². The number of likely N-dealkylation sites (tertiary alicyclic amines) is 1. The molecule has 0 bridgehead atoms. The van der Waals surface area contributed by atoms with Gasteiger partial charge < -0.3 is 15.1 Å². The molecule has 2 saturated heterocycles. The predicted octanol–water partition coefficient (Wildman–Crippen LogP) is 1.68. The van der Waals surface area contributed by atoms with Crippen molar-refractivity contribution in [2.45, 2.75) is 18.9 Å². The standard InChI is InChI=1S/C17H22ClN3O2/c1-20-7-5-13(10-16(20)22)17(23)21-8-6-19-11-15(21)12-3-2-4-14(18)9-12/h2-4,9,13,15,19H,5-8,10-11H2,1H3. The van der Waals surface area contributed by atoms with Crippen molar-refractivity contribution >= 4 is 23.4 Å². The Hall–Kier alpha value is -1.59. The molecule has 23 heavy (non-hydrogen) atoms. The van der Waals surface area contributed by atoms with Crippen molar-refractivity contribution in [3.63, 3.8) is 0 Å². The number of hydrogen-bond acceptors (Lipinski definition) is 3. The minimum atomic E-state index is -0.196. The van der Waals surface area contributed by atoms with Gasteiger partial charge in [-0.1, -0.05) is 23.7 Å². The third-order valence-corrected chi connectivity index (χ3v) is 5.00. The van der Waals surface area contributed by atoms with E-state index in [4.69, 9.17) is 11.6 Å². The number of piperidine rings is 1. The zero-order chi connectivity index (χ0) is 16.4. The van der Waals surface area contributed by atoms with Crippen molar-refractivity contribution in [3.05, 3.63) is 34.9 Å². The highest BCUT2D eigenvalue weighted by molar-refractivity contribution is 6.30. The lowest BCUT2D eigenvalue weighted by atomic mass is 9.93. The Labute approximate surface area is 141 Å². The van der Waals surface area contributed by atoms with Gasteiger partial charge in [-0.3, -0.25) is 9.59 Å². The quantitative estimate of drug-likeness (QED) is 0.894. The van der Waals surface area contributed by atoms with Crippen LogP contribution in [0.1, 0.15) is 24.4 Å². The molecule has 2 atom stereocenters. The molecule has 2 unspecified atom stereocenters. The molecule has 0 aromatic heterocycles. The average molecular weight is 336 g/mol. The van der Waals surface area contributed by atoms with E-state index in [1.54, 1.807) is 11.9 Å². The maximum atomic E-state index is 13.0. The van der Waals surface area contributed by atoms with Gasteiger partial charge >= 0.3 is 0 Å². The molecule has 1 aromatic carbocycles. The van der Waals surface area contributed by atoms with Gasteiger partial charge in [0.1, 0.15) is 0 Å². The largest absolute Gasteiger partial charge is 0.346 e. The van der Waals surface area contributed by atoms with Gasteiger partial charge in [0.2, 0.25) is 11.8 Å². The minimum Gasteiger partial charge on any atom is -0.346 e. The smallest absolute Gasteiger partial charge is 0.226 e. The molecule has 0 radical (unpaired) electrons. The van der Waals surface area contributed by atoms with Crippen LogP contribution in [0.15, 0.2) is 24.3 Å². The van der Waals surface area contributed by atoms with Gasteiger partial charge in [0.15, 0.2) is 0 Å². The molecule has 2 fully saturated rings. The summed E-state index contributed by atoms with van der Waals surface area (Å²) in [5.41, 5.74) is 1.04. The molecule has 0 spiro atoms. The number of nitrogens with one attached hydrogen (secondary N) is 1. The van der Waals surface area contributed by atoms with E-state index in [-0.39, 0.29) is 23.8 Å². The second-order valence-corrected chi connectivity index (χ2v) is 6.75. The zero-order valence-corrected chi connectivity index (χ0v) is 14.1. The van der Waals surface area contributed by atoms with Crippen LogP contribution >= 0.6 is 11.6 Å². The van der Waals surface area contributed by atoms with Crippen molar-refractivity contribution in [3.8, 4) is 0 Å². The molecule has 124 valence electrons. The number of benzene rings is 1. The van der Waals surface area contributed by atoms with E-state index in [0.29, 0.717) is 31.1 Å². The van der Waals surface area contributed by atoms with Crippen LogP contribution in [0.3, 0.4) is 0 Å². The molecule has 6 heteroatoms. The van der Waals surface area contributed by atoms with Crippen molar-refractivity contribution in [2.75, 3.05) is 33.2 Å². The van der Waals surface area contributed by atoms with Gasteiger partial charge in [0.25, 0.3) is 0 Å². The average Bonchev–Trinajstić information content (AvgIpc) is 2.57. The highest BCUT2D eigenvalue weighted by atomic mass is 35.5. The Morgan fingerprint density at radius 3 is 2.91 bits per heavy atom. The summed E-state index contributed by atoms with van der Waals surface area (Å²) in [6, 6.07) is 7.64. The van der Waals surface area contributed by atoms with Crippen molar-refractivity contribution < 1.29 is 9.59 Å².